The molecule has 1 heterocycles. The Morgan fingerprint density at radius 3 is 1.72 bits per heavy atom. The molecular formula is C11H24NO5P. The van der Waals surface area contributed by atoms with Crippen LogP contribution in [0.5, 0.6) is 0 Å². The standard InChI is InChI=1S/C6H15O4P.C5H9NO/c1-4-8-11(7,9-5-2)10-6-3;1-6-4-2-3-5(6)7/h4-6H2,1-3H3;2-4H2,1H3. The second kappa shape index (κ2) is 9.50. The molecule has 1 rings (SSSR count). The summed E-state index contributed by atoms with van der Waals surface area (Å²) >= 11 is 0. The van der Waals surface area contributed by atoms with E-state index in [9.17, 15) is 9.36 Å². The lowest BCUT2D eigenvalue weighted by molar-refractivity contribution is -0.126. The Bertz CT molecular complexity index is 261. The van der Waals surface area contributed by atoms with E-state index < -0.39 is 7.82 Å². The number of hydrogen-bond donors (Lipinski definition) is 0. The Hall–Kier alpha value is -0.420. The van der Waals surface area contributed by atoms with Crippen molar-refractivity contribution in [3.63, 3.8) is 0 Å². The van der Waals surface area contributed by atoms with Crippen LogP contribution in [-0.2, 0) is 22.9 Å². The maximum atomic E-state index is 11.3. The molecule has 0 aromatic heterocycles. The maximum absolute atomic E-state index is 11.3. The van der Waals surface area contributed by atoms with E-state index in [1.807, 2.05) is 7.05 Å². The van der Waals surface area contributed by atoms with Gasteiger partial charge in [-0.05, 0) is 27.2 Å². The molecule has 1 amide bonds. The lowest BCUT2D eigenvalue weighted by Gasteiger charge is -2.14. The topological polar surface area (TPSA) is 65.1 Å². The van der Waals surface area contributed by atoms with Crippen LogP contribution in [0.1, 0.15) is 33.6 Å². The second-order valence-corrected chi connectivity index (χ2v) is 5.29. The quantitative estimate of drug-likeness (QED) is 0.700. The van der Waals surface area contributed by atoms with Gasteiger partial charge in [0.1, 0.15) is 0 Å². The number of likely N-dealkylation sites (tertiary alicyclic amines) is 1. The summed E-state index contributed by atoms with van der Waals surface area (Å²) in [6.45, 7) is 7.17. The fourth-order valence-electron chi connectivity index (χ4n) is 1.37. The number of nitrogens with zero attached hydrogens (tertiary/aromatic N) is 1. The van der Waals surface area contributed by atoms with Crippen LogP contribution in [0.2, 0.25) is 0 Å². The smallest absolute Gasteiger partial charge is 0.346 e. The molecule has 1 fully saturated rings. The third kappa shape index (κ3) is 7.11. The van der Waals surface area contributed by atoms with Crippen LogP contribution in [0.15, 0.2) is 0 Å². The van der Waals surface area contributed by atoms with Crippen molar-refractivity contribution in [3.05, 3.63) is 0 Å². The number of rotatable bonds is 6. The third-order valence-electron chi connectivity index (χ3n) is 2.17. The highest BCUT2D eigenvalue weighted by Gasteiger charge is 2.23. The highest BCUT2D eigenvalue weighted by Crippen LogP contribution is 2.48. The number of phosphoric ester groups is 1. The Morgan fingerprint density at radius 1 is 1.11 bits per heavy atom. The van der Waals surface area contributed by atoms with Crippen LogP contribution >= 0.6 is 7.82 Å². The van der Waals surface area contributed by atoms with Gasteiger partial charge >= 0.3 is 7.82 Å². The molecule has 0 radical (unpaired) electrons. The van der Waals surface area contributed by atoms with Crippen molar-refractivity contribution < 1.29 is 22.9 Å². The van der Waals surface area contributed by atoms with Crippen LogP contribution < -0.4 is 0 Å². The van der Waals surface area contributed by atoms with Crippen molar-refractivity contribution >= 4 is 13.7 Å². The van der Waals surface area contributed by atoms with Gasteiger partial charge < -0.3 is 4.90 Å². The van der Waals surface area contributed by atoms with E-state index in [0.717, 1.165) is 19.4 Å². The highest BCUT2D eigenvalue weighted by molar-refractivity contribution is 7.48. The summed E-state index contributed by atoms with van der Waals surface area (Å²) < 4.78 is 25.8. The molecule has 0 bridgehead atoms. The van der Waals surface area contributed by atoms with Crippen LogP contribution in [0.25, 0.3) is 0 Å². The minimum Gasteiger partial charge on any atom is -0.346 e. The predicted molar refractivity (Wildman–Crippen MR) is 69.4 cm³/mol. The molecule has 0 atom stereocenters. The number of carbonyl (C=O) groups is 1. The average molecular weight is 281 g/mol. The lowest BCUT2D eigenvalue weighted by Crippen LogP contribution is -2.17. The number of carbonyl (C=O) groups excluding carboxylic acids is 1. The zero-order chi connectivity index (χ0) is 14.0. The van der Waals surface area contributed by atoms with Crippen molar-refractivity contribution in [3.8, 4) is 0 Å². The molecule has 0 aliphatic carbocycles. The minimum atomic E-state index is -3.22. The van der Waals surface area contributed by atoms with E-state index in [1.165, 1.54) is 0 Å². The van der Waals surface area contributed by atoms with Gasteiger partial charge in [-0.25, -0.2) is 4.57 Å². The fourth-order valence-corrected chi connectivity index (χ4v) is 2.54. The summed E-state index contributed by atoms with van der Waals surface area (Å²) in [5, 5.41) is 0. The van der Waals surface area contributed by atoms with E-state index >= 15 is 0 Å². The first-order chi connectivity index (χ1) is 8.49. The van der Waals surface area contributed by atoms with Crippen molar-refractivity contribution in [2.75, 3.05) is 33.4 Å². The van der Waals surface area contributed by atoms with E-state index in [0.29, 0.717) is 25.7 Å². The van der Waals surface area contributed by atoms with E-state index in [4.69, 9.17) is 13.6 Å². The van der Waals surface area contributed by atoms with Crippen LogP contribution in [0.4, 0.5) is 0 Å². The van der Waals surface area contributed by atoms with E-state index in [2.05, 4.69) is 0 Å². The molecule has 1 saturated heterocycles. The first-order valence-electron chi connectivity index (χ1n) is 6.26. The van der Waals surface area contributed by atoms with Gasteiger partial charge in [0.05, 0.1) is 19.8 Å². The van der Waals surface area contributed by atoms with Gasteiger partial charge in [-0.15, -0.1) is 0 Å². The molecule has 6 nitrogen and oxygen atoms in total. The summed E-state index contributed by atoms with van der Waals surface area (Å²) in [5.74, 6) is 0.292. The molecule has 108 valence electrons. The molecule has 0 unspecified atom stereocenters. The number of amides is 1. The average Bonchev–Trinajstić information content (AvgIpc) is 2.65. The Morgan fingerprint density at radius 2 is 1.56 bits per heavy atom. The molecule has 0 spiro atoms. The van der Waals surface area contributed by atoms with Gasteiger partial charge in [0.15, 0.2) is 0 Å². The zero-order valence-corrected chi connectivity index (χ0v) is 12.6. The van der Waals surface area contributed by atoms with Crippen molar-refractivity contribution in [2.24, 2.45) is 0 Å². The molecule has 1 aliphatic rings. The van der Waals surface area contributed by atoms with E-state index in [-0.39, 0.29) is 0 Å². The van der Waals surface area contributed by atoms with Crippen molar-refractivity contribution in [1.82, 2.24) is 4.90 Å². The van der Waals surface area contributed by atoms with Gasteiger partial charge in [0, 0.05) is 20.0 Å². The SMILES string of the molecule is CCOP(=O)(OCC)OCC.CN1CCCC1=O. The van der Waals surface area contributed by atoms with Gasteiger partial charge in [-0.3, -0.25) is 18.4 Å². The summed E-state index contributed by atoms with van der Waals surface area (Å²) in [6, 6.07) is 0. The lowest BCUT2D eigenvalue weighted by atomic mass is 10.4. The summed E-state index contributed by atoms with van der Waals surface area (Å²) in [7, 11) is -1.38. The zero-order valence-electron chi connectivity index (χ0n) is 11.7. The van der Waals surface area contributed by atoms with Crippen LogP contribution in [0, 0.1) is 0 Å². The Kier molecular flexibility index (Phi) is 9.28. The van der Waals surface area contributed by atoms with Gasteiger partial charge in [0.2, 0.25) is 5.91 Å². The first kappa shape index (κ1) is 17.6. The van der Waals surface area contributed by atoms with Gasteiger partial charge in [-0.2, -0.15) is 0 Å². The molecule has 0 aromatic carbocycles. The third-order valence-corrected chi connectivity index (χ3v) is 3.89. The molecule has 1 aliphatic heterocycles. The maximum Gasteiger partial charge on any atom is 0.474 e. The summed E-state index contributed by atoms with van der Waals surface area (Å²) in [4.78, 5) is 12.3. The van der Waals surface area contributed by atoms with Crippen LogP contribution in [0.3, 0.4) is 0 Å². The molecule has 7 heteroatoms. The fraction of sp³-hybridized carbons (Fsp3) is 0.909. The van der Waals surface area contributed by atoms with E-state index in [1.54, 1.807) is 25.7 Å². The monoisotopic (exact) mass is 281 g/mol. The molecule has 0 aromatic rings. The highest BCUT2D eigenvalue weighted by atomic mass is 31.2. The molecule has 0 saturated carbocycles. The Labute approximate surface area is 109 Å². The summed E-state index contributed by atoms with van der Waals surface area (Å²) in [5.41, 5.74) is 0. The Balaban J connectivity index is 0.000000351. The number of phosphoric acid groups is 1. The van der Waals surface area contributed by atoms with Gasteiger partial charge in [-0.1, -0.05) is 0 Å². The second-order valence-electron chi connectivity index (χ2n) is 3.62. The first-order valence-corrected chi connectivity index (χ1v) is 7.72. The summed E-state index contributed by atoms with van der Waals surface area (Å²) in [6.07, 6.45) is 1.81. The van der Waals surface area contributed by atoms with Gasteiger partial charge in [0.25, 0.3) is 0 Å². The minimum absolute atomic E-state index is 0.292. The van der Waals surface area contributed by atoms with Crippen molar-refractivity contribution in [1.29, 1.82) is 0 Å². The largest absolute Gasteiger partial charge is 0.474 e. The molecule has 18 heavy (non-hydrogen) atoms. The predicted octanol–water partition coefficient (Wildman–Crippen LogP) is 2.44. The number of hydrogen-bond acceptors (Lipinski definition) is 5. The normalized spacial score (nSPS) is 15.6. The molecule has 0 N–H and O–H groups in total. The van der Waals surface area contributed by atoms with Crippen molar-refractivity contribution in [2.45, 2.75) is 33.6 Å². The van der Waals surface area contributed by atoms with Crippen LogP contribution in [-0.4, -0.2) is 44.2 Å². The molecular weight excluding hydrogens is 257 g/mol.